The average Bonchev–Trinajstić information content (AvgIpc) is 2.61. The standard InChI is InChI=1S/C19H23FN2O3/c1-13(18-15(20)9-6-10-17(18)25-2)22-19(24)21-12-11-16(23)14-7-4-3-5-8-14/h3-10,13,16,23H,11-12H2,1-2H3,(H2,21,22,24). The lowest BCUT2D eigenvalue weighted by Gasteiger charge is -2.18. The lowest BCUT2D eigenvalue weighted by molar-refractivity contribution is 0.166. The predicted octanol–water partition coefficient (Wildman–Crippen LogP) is 3.32. The number of benzene rings is 2. The fourth-order valence-corrected chi connectivity index (χ4v) is 2.60. The number of carbonyl (C=O) groups is 1. The second-order valence-corrected chi connectivity index (χ2v) is 5.69. The second kappa shape index (κ2) is 9.03. The van der Waals surface area contributed by atoms with Crippen LogP contribution in [-0.4, -0.2) is 24.8 Å². The minimum Gasteiger partial charge on any atom is -0.496 e. The molecule has 5 nitrogen and oxygen atoms in total. The molecule has 2 amide bonds. The topological polar surface area (TPSA) is 70.6 Å². The molecule has 0 aromatic heterocycles. The SMILES string of the molecule is COc1cccc(F)c1C(C)NC(=O)NCCC(O)c1ccccc1. The van der Waals surface area contributed by atoms with Crippen molar-refractivity contribution in [3.63, 3.8) is 0 Å². The van der Waals surface area contributed by atoms with E-state index in [1.165, 1.54) is 13.2 Å². The Kier molecular flexibility index (Phi) is 6.77. The molecule has 3 N–H and O–H groups in total. The van der Waals surface area contributed by atoms with Crippen LogP contribution < -0.4 is 15.4 Å². The van der Waals surface area contributed by atoms with Gasteiger partial charge in [-0.15, -0.1) is 0 Å². The molecular weight excluding hydrogens is 323 g/mol. The molecule has 0 aliphatic rings. The Hall–Kier alpha value is -2.60. The molecule has 2 rings (SSSR count). The number of hydrogen-bond donors (Lipinski definition) is 3. The Bertz CT molecular complexity index is 694. The van der Waals surface area contributed by atoms with E-state index in [1.807, 2.05) is 30.3 Å². The molecule has 0 fully saturated rings. The summed E-state index contributed by atoms with van der Waals surface area (Å²) in [5.74, 6) is -0.0565. The number of urea groups is 1. The fraction of sp³-hybridized carbons (Fsp3) is 0.316. The largest absolute Gasteiger partial charge is 0.496 e. The highest BCUT2D eigenvalue weighted by Gasteiger charge is 2.18. The fourth-order valence-electron chi connectivity index (χ4n) is 2.60. The zero-order chi connectivity index (χ0) is 18.2. The van der Waals surface area contributed by atoms with Gasteiger partial charge in [0.2, 0.25) is 0 Å². The van der Waals surface area contributed by atoms with Gasteiger partial charge in [0.05, 0.1) is 24.8 Å². The normalized spacial score (nSPS) is 13.0. The zero-order valence-electron chi connectivity index (χ0n) is 14.3. The third-order valence-electron chi connectivity index (χ3n) is 3.90. The van der Waals surface area contributed by atoms with Crippen LogP contribution in [0.3, 0.4) is 0 Å². The molecule has 2 atom stereocenters. The van der Waals surface area contributed by atoms with Crippen molar-refractivity contribution in [2.75, 3.05) is 13.7 Å². The first kappa shape index (κ1) is 18.7. The molecule has 6 heteroatoms. The van der Waals surface area contributed by atoms with Gasteiger partial charge in [-0.05, 0) is 31.0 Å². The quantitative estimate of drug-likeness (QED) is 0.720. The van der Waals surface area contributed by atoms with Gasteiger partial charge < -0.3 is 20.5 Å². The van der Waals surface area contributed by atoms with E-state index in [9.17, 15) is 14.3 Å². The summed E-state index contributed by atoms with van der Waals surface area (Å²) in [6.45, 7) is 1.97. The number of halogens is 1. The van der Waals surface area contributed by atoms with Gasteiger partial charge in [-0.1, -0.05) is 36.4 Å². The zero-order valence-corrected chi connectivity index (χ0v) is 14.3. The van der Waals surface area contributed by atoms with Crippen LogP contribution in [0.15, 0.2) is 48.5 Å². The first-order valence-electron chi connectivity index (χ1n) is 8.12. The van der Waals surface area contributed by atoms with E-state index in [2.05, 4.69) is 10.6 Å². The summed E-state index contributed by atoms with van der Waals surface area (Å²) in [4.78, 5) is 12.0. The average molecular weight is 346 g/mol. The molecule has 134 valence electrons. The number of carbonyl (C=O) groups excluding carboxylic acids is 1. The van der Waals surface area contributed by atoms with Crippen molar-refractivity contribution in [1.29, 1.82) is 0 Å². The van der Waals surface area contributed by atoms with Crippen molar-refractivity contribution in [2.45, 2.75) is 25.5 Å². The van der Waals surface area contributed by atoms with E-state index in [0.29, 0.717) is 24.3 Å². The minimum absolute atomic E-state index is 0.295. The first-order chi connectivity index (χ1) is 12.0. The highest BCUT2D eigenvalue weighted by Crippen LogP contribution is 2.27. The maximum atomic E-state index is 14.0. The van der Waals surface area contributed by atoms with Gasteiger partial charge in [-0.25, -0.2) is 9.18 Å². The van der Waals surface area contributed by atoms with Crippen molar-refractivity contribution in [3.8, 4) is 5.75 Å². The Morgan fingerprint density at radius 2 is 1.92 bits per heavy atom. The van der Waals surface area contributed by atoms with Crippen molar-refractivity contribution in [2.24, 2.45) is 0 Å². The Balaban J connectivity index is 1.84. The number of aliphatic hydroxyl groups excluding tert-OH is 1. The number of hydrogen-bond acceptors (Lipinski definition) is 3. The van der Waals surface area contributed by atoms with Crippen LogP contribution in [0.2, 0.25) is 0 Å². The Morgan fingerprint density at radius 3 is 2.60 bits per heavy atom. The Labute approximate surface area is 146 Å². The summed E-state index contributed by atoms with van der Waals surface area (Å²) in [6, 6.07) is 12.8. The van der Waals surface area contributed by atoms with Crippen LogP contribution in [0, 0.1) is 5.82 Å². The molecule has 2 unspecified atom stereocenters. The number of nitrogens with one attached hydrogen (secondary N) is 2. The Morgan fingerprint density at radius 1 is 1.20 bits per heavy atom. The van der Waals surface area contributed by atoms with Gasteiger partial charge in [0, 0.05) is 6.54 Å². The van der Waals surface area contributed by atoms with Crippen LogP contribution in [0.4, 0.5) is 9.18 Å². The van der Waals surface area contributed by atoms with Crippen LogP contribution >= 0.6 is 0 Å². The highest BCUT2D eigenvalue weighted by atomic mass is 19.1. The van der Waals surface area contributed by atoms with Gasteiger partial charge in [0.1, 0.15) is 11.6 Å². The third-order valence-corrected chi connectivity index (χ3v) is 3.90. The molecule has 0 saturated carbocycles. The van der Waals surface area contributed by atoms with Gasteiger partial charge in [-0.2, -0.15) is 0 Å². The number of rotatable bonds is 7. The monoisotopic (exact) mass is 346 g/mol. The van der Waals surface area contributed by atoms with E-state index < -0.39 is 24.0 Å². The predicted molar refractivity (Wildman–Crippen MR) is 93.9 cm³/mol. The number of ether oxygens (including phenoxy) is 1. The summed E-state index contributed by atoms with van der Waals surface area (Å²) in [5, 5.41) is 15.4. The maximum Gasteiger partial charge on any atom is 0.315 e. The molecule has 0 bridgehead atoms. The van der Waals surface area contributed by atoms with Gasteiger partial charge in [-0.3, -0.25) is 0 Å². The lowest BCUT2D eigenvalue weighted by atomic mass is 10.1. The molecule has 0 radical (unpaired) electrons. The van der Waals surface area contributed by atoms with Crippen LogP contribution in [0.1, 0.15) is 36.6 Å². The van der Waals surface area contributed by atoms with Gasteiger partial charge in [0.25, 0.3) is 0 Å². The van der Waals surface area contributed by atoms with Crippen molar-refractivity contribution < 1.29 is 19.0 Å². The molecular formula is C19H23FN2O3. The highest BCUT2D eigenvalue weighted by molar-refractivity contribution is 5.74. The summed E-state index contributed by atoms with van der Waals surface area (Å²) in [6.07, 6.45) is -0.264. The van der Waals surface area contributed by atoms with Crippen molar-refractivity contribution in [1.82, 2.24) is 10.6 Å². The van der Waals surface area contributed by atoms with Crippen molar-refractivity contribution in [3.05, 3.63) is 65.5 Å². The van der Waals surface area contributed by atoms with Gasteiger partial charge in [0.15, 0.2) is 0 Å². The molecule has 0 aliphatic carbocycles. The molecule has 2 aromatic rings. The molecule has 0 aliphatic heterocycles. The van der Waals surface area contributed by atoms with Crippen molar-refractivity contribution >= 4 is 6.03 Å². The molecule has 0 heterocycles. The maximum absolute atomic E-state index is 14.0. The smallest absolute Gasteiger partial charge is 0.315 e. The summed E-state index contributed by atoms with van der Waals surface area (Å²) < 4.78 is 19.1. The van der Waals surface area contributed by atoms with E-state index in [-0.39, 0.29) is 0 Å². The van der Waals surface area contributed by atoms with Gasteiger partial charge >= 0.3 is 6.03 Å². The summed E-state index contributed by atoms with van der Waals surface area (Å²) in [5.41, 5.74) is 1.10. The number of aliphatic hydroxyl groups is 1. The van der Waals surface area contributed by atoms with E-state index in [1.54, 1.807) is 19.1 Å². The lowest BCUT2D eigenvalue weighted by Crippen LogP contribution is -2.38. The molecule has 0 spiro atoms. The van der Waals surface area contributed by atoms with Crippen LogP contribution in [-0.2, 0) is 0 Å². The number of amides is 2. The molecule has 0 saturated heterocycles. The molecule has 25 heavy (non-hydrogen) atoms. The minimum atomic E-state index is -0.648. The van der Waals surface area contributed by atoms with E-state index >= 15 is 0 Å². The summed E-state index contributed by atoms with van der Waals surface area (Å²) in [7, 11) is 1.45. The molecule has 2 aromatic carbocycles. The summed E-state index contributed by atoms with van der Waals surface area (Å²) >= 11 is 0. The first-order valence-corrected chi connectivity index (χ1v) is 8.12. The van der Waals surface area contributed by atoms with Crippen LogP contribution in [0.25, 0.3) is 0 Å². The number of methoxy groups -OCH3 is 1. The second-order valence-electron chi connectivity index (χ2n) is 5.69. The third kappa shape index (κ3) is 5.19. The van der Waals surface area contributed by atoms with E-state index in [4.69, 9.17) is 4.74 Å². The van der Waals surface area contributed by atoms with E-state index in [0.717, 1.165) is 5.56 Å². The van der Waals surface area contributed by atoms with Crippen LogP contribution in [0.5, 0.6) is 5.75 Å².